The summed E-state index contributed by atoms with van der Waals surface area (Å²) in [7, 11) is 0. The van der Waals surface area contributed by atoms with Gasteiger partial charge in [-0.25, -0.2) is 0 Å². The molecule has 4 nitrogen and oxygen atoms in total. The second-order valence-electron chi connectivity index (χ2n) is 4.91. The van der Waals surface area contributed by atoms with Crippen LogP contribution in [0.25, 0.3) is 27.4 Å². The van der Waals surface area contributed by atoms with Gasteiger partial charge in [0.1, 0.15) is 0 Å². The minimum Gasteiger partial charge on any atom is -0.358 e. The number of rotatable bonds is 3. The summed E-state index contributed by atoms with van der Waals surface area (Å²) >= 11 is 0. The third-order valence-electron chi connectivity index (χ3n) is 3.68. The highest BCUT2D eigenvalue weighted by molar-refractivity contribution is 5.87. The van der Waals surface area contributed by atoms with Crippen LogP contribution >= 0.6 is 0 Å². The molecule has 1 N–H and O–H groups in total. The maximum absolute atomic E-state index is 8.23. The third-order valence-corrected chi connectivity index (χ3v) is 3.68. The molecule has 0 fully saturated rings. The van der Waals surface area contributed by atoms with Gasteiger partial charge in [-0.15, -0.1) is 0 Å². The molecular formula is C15H16N4. The fraction of sp³-hybridized carbons (Fsp3) is 0.333. The molecule has 1 aromatic heterocycles. The number of nitrogens with zero attached hydrogens (tertiary/aromatic N) is 3. The lowest BCUT2D eigenvalue weighted by atomic mass is 9.95. The molecule has 0 bridgehead atoms. The SMILES string of the molecule is [N-]=[N+]=NCC=Cc1ccc2[nH]c3c(c2c1)CCCC3. The van der Waals surface area contributed by atoms with E-state index in [1.807, 2.05) is 12.2 Å². The Morgan fingerprint density at radius 1 is 1.32 bits per heavy atom. The number of hydrogen-bond acceptors (Lipinski definition) is 1. The van der Waals surface area contributed by atoms with Crippen LogP contribution in [0.5, 0.6) is 0 Å². The van der Waals surface area contributed by atoms with Crippen molar-refractivity contribution < 1.29 is 0 Å². The van der Waals surface area contributed by atoms with Crippen LogP contribution in [-0.2, 0) is 12.8 Å². The number of hydrogen-bond donors (Lipinski definition) is 1. The van der Waals surface area contributed by atoms with Crippen LogP contribution in [-0.4, -0.2) is 11.5 Å². The highest BCUT2D eigenvalue weighted by Crippen LogP contribution is 2.29. The molecule has 0 saturated heterocycles. The first-order valence-electron chi connectivity index (χ1n) is 6.69. The van der Waals surface area contributed by atoms with Crippen LogP contribution in [0.15, 0.2) is 29.4 Å². The zero-order chi connectivity index (χ0) is 13.1. The molecule has 3 rings (SSSR count). The molecule has 0 atom stereocenters. The maximum atomic E-state index is 8.23. The highest BCUT2D eigenvalue weighted by atomic mass is 15.1. The van der Waals surface area contributed by atoms with E-state index in [1.54, 1.807) is 0 Å². The first-order chi connectivity index (χ1) is 9.38. The van der Waals surface area contributed by atoms with Crippen molar-refractivity contribution in [1.82, 2.24) is 4.98 Å². The van der Waals surface area contributed by atoms with Crippen molar-refractivity contribution in [1.29, 1.82) is 0 Å². The lowest BCUT2D eigenvalue weighted by Crippen LogP contribution is -1.99. The van der Waals surface area contributed by atoms with Gasteiger partial charge in [0, 0.05) is 28.1 Å². The molecule has 0 radical (unpaired) electrons. The standard InChI is InChI=1S/C15H16N4/c16-19-17-9-3-4-11-7-8-15-13(10-11)12-5-1-2-6-14(12)18-15/h3-4,7-8,10,18H,1-2,5-6,9H2. The largest absolute Gasteiger partial charge is 0.358 e. The quantitative estimate of drug-likeness (QED) is 0.479. The molecule has 0 unspecified atom stereocenters. The summed E-state index contributed by atoms with van der Waals surface area (Å²) in [5.41, 5.74) is 13.5. The Kier molecular flexibility index (Phi) is 3.25. The first kappa shape index (κ1) is 11.9. The summed E-state index contributed by atoms with van der Waals surface area (Å²) in [6.07, 6.45) is 8.83. The Balaban J connectivity index is 1.95. The highest BCUT2D eigenvalue weighted by Gasteiger charge is 2.14. The van der Waals surface area contributed by atoms with E-state index >= 15 is 0 Å². The van der Waals surface area contributed by atoms with Gasteiger partial charge in [0.05, 0.1) is 0 Å². The summed E-state index contributed by atoms with van der Waals surface area (Å²) in [4.78, 5) is 6.26. The molecule has 1 aliphatic rings. The number of aromatic amines is 1. The predicted molar refractivity (Wildman–Crippen MR) is 78.0 cm³/mol. The average molecular weight is 252 g/mol. The lowest BCUT2D eigenvalue weighted by Gasteiger charge is -2.10. The molecule has 4 heteroatoms. The topological polar surface area (TPSA) is 64.6 Å². The second-order valence-corrected chi connectivity index (χ2v) is 4.91. The summed E-state index contributed by atoms with van der Waals surface area (Å²) in [6, 6.07) is 6.46. The van der Waals surface area contributed by atoms with Crippen molar-refractivity contribution in [3.05, 3.63) is 51.5 Å². The Bertz CT molecular complexity index is 675. The summed E-state index contributed by atoms with van der Waals surface area (Å²) in [5.74, 6) is 0. The van der Waals surface area contributed by atoms with E-state index in [0.717, 1.165) is 5.56 Å². The van der Waals surface area contributed by atoms with Crippen LogP contribution in [0.1, 0.15) is 29.7 Å². The fourth-order valence-electron chi connectivity index (χ4n) is 2.80. The number of nitrogens with one attached hydrogen (secondary N) is 1. The molecule has 1 aromatic carbocycles. The number of aromatic nitrogens is 1. The van der Waals surface area contributed by atoms with Crippen LogP contribution in [0.3, 0.4) is 0 Å². The van der Waals surface area contributed by atoms with Gasteiger partial charge in [-0.3, -0.25) is 0 Å². The molecule has 1 aliphatic carbocycles. The molecular weight excluding hydrogens is 236 g/mol. The monoisotopic (exact) mass is 252 g/mol. The molecule has 0 saturated carbocycles. The molecule has 0 spiro atoms. The molecule has 2 aromatic rings. The molecule has 1 heterocycles. The Morgan fingerprint density at radius 2 is 2.21 bits per heavy atom. The van der Waals surface area contributed by atoms with Gasteiger partial charge < -0.3 is 4.98 Å². The molecule has 0 amide bonds. The summed E-state index contributed by atoms with van der Waals surface area (Å²) in [5, 5.41) is 4.84. The summed E-state index contributed by atoms with van der Waals surface area (Å²) in [6.45, 7) is 0.403. The molecule has 96 valence electrons. The number of benzene rings is 1. The predicted octanol–water partition coefficient (Wildman–Crippen LogP) is 4.37. The number of azide groups is 1. The van der Waals surface area contributed by atoms with Gasteiger partial charge in [-0.1, -0.05) is 23.3 Å². The van der Waals surface area contributed by atoms with Gasteiger partial charge in [-0.05, 0) is 54.5 Å². The Labute approximate surface area is 111 Å². The van der Waals surface area contributed by atoms with E-state index < -0.39 is 0 Å². The molecule has 0 aliphatic heterocycles. The smallest absolute Gasteiger partial charge is 0.0459 e. The minimum atomic E-state index is 0.403. The van der Waals surface area contributed by atoms with Gasteiger partial charge in [0.15, 0.2) is 0 Å². The van der Waals surface area contributed by atoms with E-state index in [9.17, 15) is 0 Å². The summed E-state index contributed by atoms with van der Waals surface area (Å²) < 4.78 is 0. The van der Waals surface area contributed by atoms with Gasteiger partial charge in [0.2, 0.25) is 0 Å². The van der Waals surface area contributed by atoms with Crippen molar-refractivity contribution >= 4 is 17.0 Å². The van der Waals surface area contributed by atoms with Crippen molar-refractivity contribution in [2.75, 3.05) is 6.54 Å². The zero-order valence-electron chi connectivity index (χ0n) is 10.8. The van der Waals surface area contributed by atoms with Crippen molar-refractivity contribution in [2.45, 2.75) is 25.7 Å². The van der Waals surface area contributed by atoms with E-state index in [1.165, 1.54) is 47.8 Å². The number of fused-ring (bicyclic) bond motifs is 3. The van der Waals surface area contributed by atoms with Crippen LogP contribution in [0, 0.1) is 0 Å². The van der Waals surface area contributed by atoms with E-state index in [0.29, 0.717) is 6.54 Å². The first-order valence-corrected chi connectivity index (χ1v) is 6.69. The number of H-pyrrole nitrogens is 1. The van der Waals surface area contributed by atoms with Crippen molar-refractivity contribution in [3.8, 4) is 0 Å². The van der Waals surface area contributed by atoms with Crippen molar-refractivity contribution in [3.63, 3.8) is 0 Å². The zero-order valence-corrected chi connectivity index (χ0v) is 10.8. The normalized spacial score (nSPS) is 14.5. The van der Waals surface area contributed by atoms with Gasteiger partial charge in [0.25, 0.3) is 0 Å². The Hall–Kier alpha value is -2.19. The van der Waals surface area contributed by atoms with Crippen molar-refractivity contribution in [2.24, 2.45) is 5.11 Å². The average Bonchev–Trinajstić information content (AvgIpc) is 2.82. The van der Waals surface area contributed by atoms with E-state index in [4.69, 9.17) is 5.53 Å². The van der Waals surface area contributed by atoms with E-state index in [2.05, 4.69) is 33.2 Å². The van der Waals surface area contributed by atoms with Crippen LogP contribution in [0.4, 0.5) is 0 Å². The maximum Gasteiger partial charge on any atom is 0.0459 e. The van der Waals surface area contributed by atoms with Crippen LogP contribution < -0.4 is 0 Å². The lowest BCUT2D eigenvalue weighted by molar-refractivity contribution is 0.680. The number of aryl methyl sites for hydroxylation is 2. The Morgan fingerprint density at radius 3 is 3.11 bits per heavy atom. The fourth-order valence-corrected chi connectivity index (χ4v) is 2.80. The second kappa shape index (κ2) is 5.21. The third kappa shape index (κ3) is 2.35. The van der Waals surface area contributed by atoms with Crippen LogP contribution in [0.2, 0.25) is 0 Å². The molecule has 19 heavy (non-hydrogen) atoms. The van der Waals surface area contributed by atoms with Gasteiger partial charge in [-0.2, -0.15) is 0 Å². The minimum absolute atomic E-state index is 0.403. The van der Waals surface area contributed by atoms with Gasteiger partial charge >= 0.3 is 0 Å². The van der Waals surface area contributed by atoms with E-state index in [-0.39, 0.29) is 0 Å².